The first-order valence-corrected chi connectivity index (χ1v) is 8.36. The molecule has 130 valence electrons. The van der Waals surface area contributed by atoms with Crippen molar-refractivity contribution in [2.45, 2.75) is 26.7 Å². The van der Waals surface area contributed by atoms with E-state index in [2.05, 4.69) is 46.4 Å². The van der Waals surface area contributed by atoms with Crippen molar-refractivity contribution in [1.82, 2.24) is 15.1 Å². The Morgan fingerprint density at radius 2 is 1.96 bits per heavy atom. The summed E-state index contributed by atoms with van der Waals surface area (Å²) in [4.78, 5) is 8.60. The van der Waals surface area contributed by atoms with Gasteiger partial charge in [-0.15, -0.1) is 0 Å². The van der Waals surface area contributed by atoms with Crippen molar-refractivity contribution in [3.8, 4) is 17.2 Å². The van der Waals surface area contributed by atoms with Crippen molar-refractivity contribution < 1.29 is 9.26 Å². The molecule has 0 unspecified atom stereocenters. The Hall–Kier alpha value is -2.89. The summed E-state index contributed by atoms with van der Waals surface area (Å²) in [5, 5.41) is 7.08. The molecule has 2 aromatic heterocycles. The topological polar surface area (TPSA) is 73.1 Å². The molecule has 0 spiro atoms. The van der Waals surface area contributed by atoms with Crippen LogP contribution >= 0.6 is 0 Å². The van der Waals surface area contributed by atoms with Crippen LogP contribution in [0.15, 0.2) is 47.1 Å². The third-order valence-corrected chi connectivity index (χ3v) is 3.78. The van der Waals surface area contributed by atoms with E-state index in [4.69, 9.17) is 9.26 Å². The summed E-state index contributed by atoms with van der Waals surface area (Å²) >= 11 is 0. The molecule has 3 rings (SSSR count). The second-order valence-corrected chi connectivity index (χ2v) is 6.05. The first-order chi connectivity index (χ1) is 12.1. The van der Waals surface area contributed by atoms with Crippen molar-refractivity contribution >= 4 is 5.82 Å². The molecule has 0 aliphatic rings. The molecule has 0 aliphatic carbocycles. The fourth-order valence-electron chi connectivity index (χ4n) is 2.41. The predicted octanol–water partition coefficient (Wildman–Crippen LogP) is 4.05. The summed E-state index contributed by atoms with van der Waals surface area (Å²) in [5.74, 6) is 3.13. The standard InChI is InChI=1S/C19H22N4O2/c1-13(2)15-6-8-16(9-7-15)24-12-11-21-18-17(5-4-10-20-18)19-22-14(3)23-25-19/h4-10,13H,11-12H2,1-3H3,(H,20,21). The first kappa shape index (κ1) is 17.0. The van der Waals surface area contributed by atoms with Gasteiger partial charge in [-0.2, -0.15) is 4.98 Å². The normalized spacial score (nSPS) is 10.9. The number of hydrogen-bond donors (Lipinski definition) is 1. The van der Waals surface area contributed by atoms with Gasteiger partial charge in [0.1, 0.15) is 18.2 Å². The lowest BCUT2D eigenvalue weighted by Crippen LogP contribution is -2.13. The van der Waals surface area contributed by atoms with Gasteiger partial charge < -0.3 is 14.6 Å². The Morgan fingerprint density at radius 3 is 2.64 bits per heavy atom. The van der Waals surface area contributed by atoms with Crippen LogP contribution in [0.1, 0.15) is 31.2 Å². The van der Waals surface area contributed by atoms with Gasteiger partial charge in [-0.25, -0.2) is 4.98 Å². The summed E-state index contributed by atoms with van der Waals surface area (Å²) < 4.78 is 11.0. The Balaban J connectivity index is 1.56. The lowest BCUT2D eigenvalue weighted by Gasteiger charge is -2.11. The highest BCUT2D eigenvalue weighted by Gasteiger charge is 2.12. The fraction of sp³-hybridized carbons (Fsp3) is 0.316. The molecule has 1 aromatic carbocycles. The third kappa shape index (κ3) is 4.35. The van der Waals surface area contributed by atoms with Crippen molar-refractivity contribution in [2.24, 2.45) is 0 Å². The Morgan fingerprint density at radius 1 is 1.16 bits per heavy atom. The van der Waals surface area contributed by atoms with Gasteiger partial charge in [0.15, 0.2) is 5.82 Å². The molecule has 2 heterocycles. The Kier molecular flexibility index (Phi) is 5.28. The smallest absolute Gasteiger partial charge is 0.261 e. The van der Waals surface area contributed by atoms with E-state index in [1.54, 1.807) is 13.1 Å². The molecule has 0 aliphatic heterocycles. The second-order valence-electron chi connectivity index (χ2n) is 6.05. The number of ether oxygens (including phenoxy) is 1. The molecule has 0 saturated carbocycles. The third-order valence-electron chi connectivity index (χ3n) is 3.78. The zero-order valence-corrected chi connectivity index (χ0v) is 14.7. The van der Waals surface area contributed by atoms with E-state index in [0.717, 1.165) is 11.3 Å². The number of rotatable bonds is 7. The molecule has 3 aromatic rings. The number of aromatic nitrogens is 3. The molecule has 0 bridgehead atoms. The van der Waals surface area contributed by atoms with Crippen molar-refractivity contribution in [2.75, 3.05) is 18.5 Å². The Labute approximate surface area is 147 Å². The van der Waals surface area contributed by atoms with E-state index in [-0.39, 0.29) is 0 Å². The minimum Gasteiger partial charge on any atom is -0.492 e. The number of benzene rings is 1. The maximum absolute atomic E-state index is 5.77. The van der Waals surface area contributed by atoms with Crippen molar-refractivity contribution in [3.63, 3.8) is 0 Å². The molecule has 0 atom stereocenters. The number of anilines is 1. The van der Waals surface area contributed by atoms with Gasteiger partial charge in [0, 0.05) is 6.20 Å². The highest BCUT2D eigenvalue weighted by molar-refractivity contribution is 5.68. The van der Waals surface area contributed by atoms with Crippen LogP contribution in [0.4, 0.5) is 5.82 Å². The van der Waals surface area contributed by atoms with Crippen LogP contribution in [0, 0.1) is 6.92 Å². The average Bonchev–Trinajstić information content (AvgIpc) is 3.06. The SMILES string of the molecule is Cc1noc(-c2cccnc2NCCOc2ccc(C(C)C)cc2)n1. The van der Waals surface area contributed by atoms with E-state index in [9.17, 15) is 0 Å². The molecule has 6 heteroatoms. The highest BCUT2D eigenvalue weighted by Crippen LogP contribution is 2.24. The van der Waals surface area contributed by atoms with Gasteiger partial charge in [0.05, 0.1) is 12.1 Å². The average molecular weight is 338 g/mol. The van der Waals surface area contributed by atoms with Gasteiger partial charge in [0.2, 0.25) is 0 Å². The molecule has 1 N–H and O–H groups in total. The molecule has 0 radical (unpaired) electrons. The molecular formula is C19H22N4O2. The highest BCUT2D eigenvalue weighted by atomic mass is 16.5. The summed E-state index contributed by atoms with van der Waals surface area (Å²) in [6.07, 6.45) is 1.72. The summed E-state index contributed by atoms with van der Waals surface area (Å²) in [6.45, 7) is 7.28. The largest absolute Gasteiger partial charge is 0.492 e. The van der Waals surface area contributed by atoms with Crippen molar-refractivity contribution in [3.05, 3.63) is 54.0 Å². The van der Waals surface area contributed by atoms with Gasteiger partial charge in [0.25, 0.3) is 5.89 Å². The second kappa shape index (κ2) is 7.79. The summed E-state index contributed by atoms with van der Waals surface area (Å²) in [7, 11) is 0. The first-order valence-electron chi connectivity index (χ1n) is 8.36. The van der Waals surface area contributed by atoms with Crippen LogP contribution < -0.4 is 10.1 Å². The number of pyridine rings is 1. The summed E-state index contributed by atoms with van der Waals surface area (Å²) in [5.41, 5.74) is 2.09. The fourth-order valence-corrected chi connectivity index (χ4v) is 2.41. The number of nitrogens with one attached hydrogen (secondary N) is 1. The maximum atomic E-state index is 5.77. The quantitative estimate of drug-likeness (QED) is 0.655. The van der Waals surface area contributed by atoms with Crippen LogP contribution in [-0.4, -0.2) is 28.3 Å². The van der Waals surface area contributed by atoms with Crippen LogP contribution in [-0.2, 0) is 0 Å². The molecule has 0 fully saturated rings. The maximum Gasteiger partial charge on any atom is 0.261 e. The number of nitrogens with zero attached hydrogens (tertiary/aromatic N) is 3. The van der Waals surface area contributed by atoms with Gasteiger partial charge in [-0.05, 0) is 42.7 Å². The van der Waals surface area contributed by atoms with Gasteiger partial charge >= 0.3 is 0 Å². The number of hydrogen-bond acceptors (Lipinski definition) is 6. The molecule has 0 saturated heterocycles. The molecular weight excluding hydrogens is 316 g/mol. The van der Waals surface area contributed by atoms with E-state index >= 15 is 0 Å². The van der Waals surface area contributed by atoms with Crippen LogP contribution in [0.3, 0.4) is 0 Å². The zero-order chi connectivity index (χ0) is 17.6. The van der Waals surface area contributed by atoms with Gasteiger partial charge in [-0.3, -0.25) is 0 Å². The molecule has 6 nitrogen and oxygen atoms in total. The van der Waals surface area contributed by atoms with Crippen LogP contribution in [0.5, 0.6) is 5.75 Å². The van der Waals surface area contributed by atoms with Gasteiger partial charge in [-0.1, -0.05) is 31.1 Å². The van der Waals surface area contributed by atoms with E-state index < -0.39 is 0 Å². The van der Waals surface area contributed by atoms with E-state index in [0.29, 0.717) is 36.6 Å². The Bertz CT molecular complexity index is 812. The molecule has 25 heavy (non-hydrogen) atoms. The van der Waals surface area contributed by atoms with Crippen molar-refractivity contribution in [1.29, 1.82) is 0 Å². The van der Waals surface area contributed by atoms with E-state index in [1.807, 2.05) is 24.3 Å². The van der Waals surface area contributed by atoms with Crippen LogP contribution in [0.2, 0.25) is 0 Å². The minimum atomic E-state index is 0.457. The molecule has 0 amide bonds. The minimum absolute atomic E-state index is 0.457. The van der Waals surface area contributed by atoms with Crippen LogP contribution in [0.25, 0.3) is 11.5 Å². The number of aryl methyl sites for hydroxylation is 1. The predicted molar refractivity (Wildman–Crippen MR) is 96.8 cm³/mol. The van der Waals surface area contributed by atoms with E-state index in [1.165, 1.54) is 5.56 Å². The lowest BCUT2D eigenvalue weighted by atomic mass is 10.0. The zero-order valence-electron chi connectivity index (χ0n) is 14.7. The monoisotopic (exact) mass is 338 g/mol. The summed E-state index contributed by atoms with van der Waals surface area (Å²) in [6, 6.07) is 11.9. The lowest BCUT2D eigenvalue weighted by molar-refractivity contribution is 0.332.